The van der Waals surface area contributed by atoms with E-state index in [4.69, 9.17) is 9.84 Å². The van der Waals surface area contributed by atoms with E-state index in [0.717, 1.165) is 35.3 Å². The van der Waals surface area contributed by atoms with E-state index in [2.05, 4.69) is 15.8 Å². The molecule has 1 unspecified atom stereocenters. The van der Waals surface area contributed by atoms with E-state index in [1.165, 1.54) is 10.6 Å². The molecule has 1 aliphatic rings. The predicted molar refractivity (Wildman–Crippen MR) is 111 cm³/mol. The van der Waals surface area contributed by atoms with Crippen LogP contribution in [-0.2, 0) is 17.9 Å². The lowest BCUT2D eigenvalue weighted by Gasteiger charge is -2.11. The third-order valence-corrected chi connectivity index (χ3v) is 4.91. The highest BCUT2D eigenvalue weighted by molar-refractivity contribution is 5.67. The molecular weight excluding hydrogens is 384 g/mol. The Morgan fingerprint density at radius 2 is 2.10 bits per heavy atom. The molecule has 1 saturated heterocycles. The molecule has 1 fully saturated rings. The van der Waals surface area contributed by atoms with Crippen LogP contribution < -0.4 is 21.1 Å². The van der Waals surface area contributed by atoms with E-state index in [1.54, 1.807) is 18.5 Å². The Hall–Kier alpha value is -3.49. The summed E-state index contributed by atoms with van der Waals surface area (Å²) in [5, 5.41) is 8.97. The van der Waals surface area contributed by atoms with Gasteiger partial charge in [-0.3, -0.25) is 20.0 Å². The van der Waals surface area contributed by atoms with Crippen molar-refractivity contribution in [2.24, 2.45) is 0 Å². The molecule has 3 aromatic rings. The zero-order valence-corrected chi connectivity index (χ0v) is 16.2. The molecule has 1 atom stereocenters. The molecule has 4 rings (SSSR count). The van der Waals surface area contributed by atoms with Crippen molar-refractivity contribution in [2.45, 2.75) is 25.6 Å². The van der Waals surface area contributed by atoms with Gasteiger partial charge in [-0.15, -0.1) is 0 Å². The monoisotopic (exact) mass is 406 g/mol. The average molecular weight is 406 g/mol. The number of rotatable bonds is 7. The molecule has 0 amide bonds. The van der Waals surface area contributed by atoms with Crippen LogP contribution in [0.3, 0.4) is 0 Å². The van der Waals surface area contributed by atoms with Gasteiger partial charge in [0.2, 0.25) is 0 Å². The Morgan fingerprint density at radius 1 is 1.20 bits per heavy atom. The molecule has 0 saturated carbocycles. The average Bonchev–Trinajstić information content (AvgIpc) is 3.29. The molecule has 154 valence electrons. The SMILES string of the molecule is O=C(O)Cn1cc(-c2cccc(COc3ccc(C4CCNN4)nc3)c2)ccc1=O. The number of nitrogens with zero attached hydrogens (tertiary/aromatic N) is 2. The van der Waals surface area contributed by atoms with Crippen LogP contribution in [-0.4, -0.2) is 27.2 Å². The van der Waals surface area contributed by atoms with E-state index < -0.39 is 5.97 Å². The third kappa shape index (κ3) is 4.73. The molecule has 0 aliphatic carbocycles. The van der Waals surface area contributed by atoms with E-state index >= 15 is 0 Å². The first kappa shape index (κ1) is 19.8. The number of benzene rings is 1. The van der Waals surface area contributed by atoms with Gasteiger partial charge in [0.1, 0.15) is 18.9 Å². The Kier molecular flexibility index (Phi) is 5.87. The molecule has 0 radical (unpaired) electrons. The van der Waals surface area contributed by atoms with Gasteiger partial charge in [0.05, 0.1) is 17.9 Å². The fourth-order valence-corrected chi connectivity index (χ4v) is 3.37. The molecule has 2 aromatic heterocycles. The number of aromatic nitrogens is 2. The van der Waals surface area contributed by atoms with Gasteiger partial charge in [-0.2, -0.15) is 0 Å². The van der Waals surface area contributed by atoms with E-state index in [0.29, 0.717) is 12.4 Å². The van der Waals surface area contributed by atoms with E-state index in [9.17, 15) is 9.59 Å². The van der Waals surface area contributed by atoms with Crippen LogP contribution in [0.15, 0.2) is 65.7 Å². The normalized spacial score (nSPS) is 15.8. The molecule has 30 heavy (non-hydrogen) atoms. The lowest BCUT2D eigenvalue weighted by Crippen LogP contribution is -2.25. The Labute approximate surface area is 173 Å². The van der Waals surface area contributed by atoms with Crippen molar-refractivity contribution in [2.75, 3.05) is 6.54 Å². The van der Waals surface area contributed by atoms with Crippen molar-refractivity contribution in [1.29, 1.82) is 0 Å². The molecule has 3 heterocycles. The second-order valence-electron chi connectivity index (χ2n) is 7.10. The summed E-state index contributed by atoms with van der Waals surface area (Å²) in [6.07, 6.45) is 4.28. The van der Waals surface area contributed by atoms with Crippen molar-refractivity contribution in [3.05, 3.63) is 82.5 Å². The third-order valence-electron chi connectivity index (χ3n) is 4.91. The van der Waals surface area contributed by atoms with Crippen LogP contribution in [0.5, 0.6) is 5.75 Å². The minimum atomic E-state index is -1.06. The minimum Gasteiger partial charge on any atom is -0.487 e. The number of pyridine rings is 2. The van der Waals surface area contributed by atoms with E-state index in [1.807, 2.05) is 36.4 Å². The Balaban J connectivity index is 1.45. The quantitative estimate of drug-likeness (QED) is 0.552. The maximum absolute atomic E-state index is 11.8. The standard InChI is InChI=1S/C22H22N4O4/c27-21-7-4-17(12-26(21)13-22(28)29)16-3-1-2-15(10-16)14-30-18-5-6-19(23-11-18)20-8-9-24-25-20/h1-7,10-12,20,24-25H,8-9,13-14H2,(H,28,29). The molecular formula is C22H22N4O4. The van der Waals surface area contributed by atoms with Crippen LogP contribution in [0.25, 0.3) is 11.1 Å². The number of hydrazine groups is 1. The van der Waals surface area contributed by atoms with Gasteiger partial charge in [0.25, 0.3) is 5.56 Å². The van der Waals surface area contributed by atoms with Gasteiger partial charge in [0, 0.05) is 18.8 Å². The zero-order valence-electron chi connectivity index (χ0n) is 16.2. The van der Waals surface area contributed by atoms with Gasteiger partial charge < -0.3 is 14.4 Å². The number of ether oxygens (including phenoxy) is 1. The number of hydrogen-bond acceptors (Lipinski definition) is 6. The summed E-state index contributed by atoms with van der Waals surface area (Å²) in [6.45, 7) is 0.923. The Bertz CT molecular complexity index is 1090. The second kappa shape index (κ2) is 8.89. The lowest BCUT2D eigenvalue weighted by molar-refractivity contribution is -0.137. The van der Waals surface area contributed by atoms with E-state index in [-0.39, 0.29) is 18.1 Å². The second-order valence-corrected chi connectivity index (χ2v) is 7.10. The predicted octanol–water partition coefficient (Wildman–Crippen LogP) is 2.11. The van der Waals surface area contributed by atoms with Crippen molar-refractivity contribution < 1.29 is 14.6 Å². The topological polar surface area (TPSA) is 105 Å². The first-order valence-corrected chi connectivity index (χ1v) is 9.67. The highest BCUT2D eigenvalue weighted by atomic mass is 16.5. The molecule has 1 aliphatic heterocycles. The summed E-state index contributed by atoms with van der Waals surface area (Å²) in [6, 6.07) is 14.9. The number of hydrogen-bond donors (Lipinski definition) is 3. The maximum Gasteiger partial charge on any atom is 0.323 e. The summed E-state index contributed by atoms with van der Waals surface area (Å²) in [5.41, 5.74) is 9.51. The van der Waals surface area contributed by atoms with Crippen LogP contribution in [0.2, 0.25) is 0 Å². The first-order valence-electron chi connectivity index (χ1n) is 9.67. The summed E-state index contributed by atoms with van der Waals surface area (Å²) in [5.74, 6) is -0.374. The van der Waals surface area contributed by atoms with Crippen LogP contribution in [0, 0.1) is 0 Å². The number of carboxylic acid groups (broad SMARTS) is 1. The minimum absolute atomic E-state index is 0.222. The van der Waals surface area contributed by atoms with Gasteiger partial charge in [-0.05, 0) is 47.4 Å². The molecule has 0 spiro atoms. The zero-order chi connectivity index (χ0) is 20.9. The highest BCUT2D eigenvalue weighted by Crippen LogP contribution is 2.22. The summed E-state index contributed by atoms with van der Waals surface area (Å²) < 4.78 is 7.05. The number of aliphatic carboxylic acids is 1. The summed E-state index contributed by atoms with van der Waals surface area (Å²) in [4.78, 5) is 27.3. The van der Waals surface area contributed by atoms with Gasteiger partial charge in [0.15, 0.2) is 0 Å². The van der Waals surface area contributed by atoms with Gasteiger partial charge in [-0.25, -0.2) is 5.43 Å². The van der Waals surface area contributed by atoms with Crippen LogP contribution >= 0.6 is 0 Å². The van der Waals surface area contributed by atoms with Gasteiger partial charge >= 0.3 is 5.97 Å². The molecule has 0 bridgehead atoms. The molecule has 8 heteroatoms. The molecule has 8 nitrogen and oxygen atoms in total. The molecule has 3 N–H and O–H groups in total. The van der Waals surface area contributed by atoms with Crippen LogP contribution in [0.4, 0.5) is 0 Å². The number of nitrogens with one attached hydrogen (secondary N) is 2. The molecule has 1 aromatic carbocycles. The fourth-order valence-electron chi connectivity index (χ4n) is 3.37. The summed E-state index contributed by atoms with van der Waals surface area (Å²) >= 11 is 0. The lowest BCUT2D eigenvalue weighted by atomic mass is 10.0. The summed E-state index contributed by atoms with van der Waals surface area (Å²) in [7, 11) is 0. The Morgan fingerprint density at radius 3 is 2.83 bits per heavy atom. The van der Waals surface area contributed by atoms with Crippen molar-refractivity contribution in [1.82, 2.24) is 20.4 Å². The number of carbonyl (C=O) groups is 1. The van der Waals surface area contributed by atoms with Crippen LogP contribution in [0.1, 0.15) is 23.7 Å². The van der Waals surface area contributed by atoms with Gasteiger partial charge in [-0.1, -0.05) is 18.2 Å². The first-order chi connectivity index (χ1) is 14.6. The highest BCUT2D eigenvalue weighted by Gasteiger charge is 2.16. The van der Waals surface area contributed by atoms with Crippen molar-refractivity contribution >= 4 is 5.97 Å². The fraction of sp³-hybridized carbons (Fsp3) is 0.227. The number of carboxylic acids is 1. The maximum atomic E-state index is 11.8. The van der Waals surface area contributed by atoms with Crippen molar-refractivity contribution in [3.8, 4) is 16.9 Å². The van der Waals surface area contributed by atoms with Crippen molar-refractivity contribution in [3.63, 3.8) is 0 Å². The largest absolute Gasteiger partial charge is 0.487 e. The smallest absolute Gasteiger partial charge is 0.323 e.